The van der Waals surface area contributed by atoms with Gasteiger partial charge in [0.05, 0.1) is 0 Å². The molecule has 0 N–H and O–H groups in total. The zero-order chi connectivity index (χ0) is 13.7. The largest absolute Gasteiger partial charge is 0.456 e. The molecule has 3 unspecified atom stereocenters. The van der Waals surface area contributed by atoms with E-state index in [0.29, 0.717) is 30.6 Å². The van der Waals surface area contributed by atoms with Crippen LogP contribution in [0.25, 0.3) is 0 Å². The van der Waals surface area contributed by atoms with Crippen molar-refractivity contribution in [2.24, 2.45) is 17.8 Å². The van der Waals surface area contributed by atoms with Crippen LogP contribution in [0.4, 0.5) is 0 Å². The first-order valence-corrected chi connectivity index (χ1v) is 7.19. The van der Waals surface area contributed by atoms with Crippen molar-refractivity contribution < 1.29 is 14.3 Å². The maximum atomic E-state index is 11.7. The van der Waals surface area contributed by atoms with Gasteiger partial charge in [-0.1, -0.05) is 41.5 Å². The molecule has 1 aliphatic carbocycles. The molecule has 0 radical (unpaired) electrons. The first-order valence-electron chi connectivity index (χ1n) is 7.19. The highest BCUT2D eigenvalue weighted by molar-refractivity contribution is 6.33. The fourth-order valence-electron chi connectivity index (χ4n) is 2.78. The van der Waals surface area contributed by atoms with Gasteiger partial charge in [-0.2, -0.15) is 0 Å². The van der Waals surface area contributed by atoms with Crippen LogP contribution in [-0.4, -0.2) is 17.9 Å². The molecule has 0 aromatic carbocycles. The SMILES string of the molecule is C.CCCC(=O)C(=O)OC1CC(C)CCC1C(C)C. The van der Waals surface area contributed by atoms with Crippen LogP contribution in [0.2, 0.25) is 0 Å². The third-order valence-electron chi connectivity index (χ3n) is 3.92. The molecule has 1 rings (SSSR count). The lowest BCUT2D eigenvalue weighted by Gasteiger charge is -2.36. The standard InChI is InChI=1S/C15H26O3.CH4/c1-5-6-13(16)15(17)18-14-9-11(4)7-8-12(14)10(2)3;/h10-12,14H,5-9H2,1-4H3;1H4. The van der Waals surface area contributed by atoms with Gasteiger partial charge in [0.1, 0.15) is 6.10 Å². The summed E-state index contributed by atoms with van der Waals surface area (Å²) >= 11 is 0. The van der Waals surface area contributed by atoms with Crippen LogP contribution in [-0.2, 0) is 14.3 Å². The molecule has 112 valence electrons. The van der Waals surface area contributed by atoms with Crippen LogP contribution in [0.1, 0.15) is 67.2 Å². The van der Waals surface area contributed by atoms with Crippen LogP contribution in [0.3, 0.4) is 0 Å². The molecule has 3 heteroatoms. The second kappa shape index (κ2) is 8.34. The molecule has 3 nitrogen and oxygen atoms in total. The van der Waals surface area contributed by atoms with Crippen molar-refractivity contribution in [1.82, 2.24) is 0 Å². The lowest BCUT2D eigenvalue weighted by atomic mass is 9.75. The van der Waals surface area contributed by atoms with E-state index in [0.717, 1.165) is 12.8 Å². The third-order valence-corrected chi connectivity index (χ3v) is 3.92. The van der Waals surface area contributed by atoms with Crippen LogP contribution < -0.4 is 0 Å². The van der Waals surface area contributed by atoms with Crippen LogP contribution in [0, 0.1) is 17.8 Å². The van der Waals surface area contributed by atoms with E-state index in [-0.39, 0.29) is 19.3 Å². The summed E-state index contributed by atoms with van der Waals surface area (Å²) in [6.07, 6.45) is 4.12. The summed E-state index contributed by atoms with van der Waals surface area (Å²) in [5.41, 5.74) is 0. The Morgan fingerprint density at radius 3 is 2.42 bits per heavy atom. The molecule has 0 spiro atoms. The van der Waals surface area contributed by atoms with Gasteiger partial charge >= 0.3 is 5.97 Å². The molecule has 0 aromatic rings. The quantitative estimate of drug-likeness (QED) is 0.560. The number of hydrogen-bond acceptors (Lipinski definition) is 3. The summed E-state index contributed by atoms with van der Waals surface area (Å²) in [4.78, 5) is 23.2. The van der Waals surface area contributed by atoms with Gasteiger partial charge in [0, 0.05) is 6.42 Å². The topological polar surface area (TPSA) is 43.4 Å². The summed E-state index contributed by atoms with van der Waals surface area (Å²) < 4.78 is 5.46. The zero-order valence-electron chi connectivity index (χ0n) is 12.1. The fraction of sp³-hybridized carbons (Fsp3) is 0.875. The van der Waals surface area contributed by atoms with E-state index in [4.69, 9.17) is 4.74 Å². The smallest absolute Gasteiger partial charge is 0.374 e. The van der Waals surface area contributed by atoms with Gasteiger partial charge in [-0.05, 0) is 37.0 Å². The van der Waals surface area contributed by atoms with Gasteiger partial charge in [-0.15, -0.1) is 0 Å². The average molecular weight is 270 g/mol. The lowest BCUT2D eigenvalue weighted by molar-refractivity contribution is -0.163. The molecular weight excluding hydrogens is 240 g/mol. The summed E-state index contributed by atoms with van der Waals surface area (Å²) in [6.45, 7) is 8.40. The van der Waals surface area contributed by atoms with Crippen LogP contribution >= 0.6 is 0 Å². The normalized spacial score (nSPS) is 26.7. The molecule has 0 aliphatic heterocycles. The number of esters is 1. The highest BCUT2D eigenvalue weighted by atomic mass is 16.5. The van der Waals surface area contributed by atoms with Crippen molar-refractivity contribution in [2.45, 2.75) is 73.3 Å². The van der Waals surface area contributed by atoms with E-state index in [1.54, 1.807) is 0 Å². The van der Waals surface area contributed by atoms with E-state index in [1.807, 2.05) is 6.92 Å². The number of Topliss-reactive ketones (excluding diaryl/α,β-unsaturated/α-hetero) is 1. The van der Waals surface area contributed by atoms with Crippen molar-refractivity contribution in [1.29, 1.82) is 0 Å². The number of hydrogen-bond donors (Lipinski definition) is 0. The molecule has 19 heavy (non-hydrogen) atoms. The number of rotatable bonds is 5. The minimum atomic E-state index is -0.624. The molecular formula is C16H30O3. The lowest BCUT2D eigenvalue weighted by Crippen LogP contribution is -2.37. The molecule has 1 aliphatic rings. The number of ether oxygens (including phenoxy) is 1. The number of carbonyl (C=O) groups excluding carboxylic acids is 2. The van der Waals surface area contributed by atoms with Crippen molar-refractivity contribution in [3.8, 4) is 0 Å². The van der Waals surface area contributed by atoms with Gasteiger partial charge in [-0.25, -0.2) is 4.79 Å². The van der Waals surface area contributed by atoms with Crippen LogP contribution in [0.15, 0.2) is 0 Å². The van der Waals surface area contributed by atoms with Gasteiger partial charge < -0.3 is 4.74 Å². The van der Waals surface area contributed by atoms with Crippen molar-refractivity contribution in [2.75, 3.05) is 0 Å². The molecule has 1 fully saturated rings. The number of carbonyl (C=O) groups is 2. The van der Waals surface area contributed by atoms with Gasteiger partial charge in [0.25, 0.3) is 0 Å². The van der Waals surface area contributed by atoms with Gasteiger partial charge in [-0.3, -0.25) is 4.79 Å². The Morgan fingerprint density at radius 2 is 1.89 bits per heavy atom. The van der Waals surface area contributed by atoms with E-state index in [9.17, 15) is 9.59 Å². The molecule has 0 amide bonds. The molecule has 0 saturated heterocycles. The van der Waals surface area contributed by atoms with Crippen molar-refractivity contribution in [3.63, 3.8) is 0 Å². The summed E-state index contributed by atoms with van der Waals surface area (Å²) in [5, 5.41) is 0. The molecule has 1 saturated carbocycles. The first kappa shape index (κ1) is 18.1. The van der Waals surface area contributed by atoms with Crippen LogP contribution in [0.5, 0.6) is 0 Å². The van der Waals surface area contributed by atoms with E-state index >= 15 is 0 Å². The summed E-state index contributed by atoms with van der Waals surface area (Å²) in [5.74, 6) is 0.482. The van der Waals surface area contributed by atoms with E-state index < -0.39 is 5.97 Å². The second-order valence-electron chi connectivity index (χ2n) is 5.94. The Balaban J connectivity index is 0.00000324. The van der Waals surface area contributed by atoms with Crippen molar-refractivity contribution >= 4 is 11.8 Å². The third kappa shape index (κ3) is 5.33. The second-order valence-corrected chi connectivity index (χ2v) is 5.94. The maximum absolute atomic E-state index is 11.7. The Morgan fingerprint density at radius 1 is 1.26 bits per heavy atom. The maximum Gasteiger partial charge on any atom is 0.374 e. The highest BCUT2D eigenvalue weighted by Gasteiger charge is 2.34. The van der Waals surface area contributed by atoms with Gasteiger partial charge in [0.2, 0.25) is 5.78 Å². The average Bonchev–Trinajstić information content (AvgIpc) is 2.28. The molecule has 0 bridgehead atoms. The van der Waals surface area contributed by atoms with E-state index in [1.165, 1.54) is 6.42 Å². The highest BCUT2D eigenvalue weighted by Crippen LogP contribution is 2.35. The monoisotopic (exact) mass is 270 g/mol. The van der Waals surface area contributed by atoms with Crippen molar-refractivity contribution in [3.05, 3.63) is 0 Å². The Kier molecular flexibility index (Phi) is 7.96. The zero-order valence-corrected chi connectivity index (χ0v) is 12.1. The predicted octanol–water partition coefficient (Wildman–Crippen LogP) is 4.00. The Bertz CT molecular complexity index is 296. The molecule has 3 atom stereocenters. The molecule has 0 aromatic heterocycles. The predicted molar refractivity (Wildman–Crippen MR) is 77.9 cm³/mol. The minimum absolute atomic E-state index is 0. The Labute approximate surface area is 118 Å². The Hall–Kier alpha value is -0.860. The first-order chi connectivity index (χ1) is 8.45. The summed E-state index contributed by atoms with van der Waals surface area (Å²) in [6, 6.07) is 0. The van der Waals surface area contributed by atoms with Gasteiger partial charge in [0.15, 0.2) is 0 Å². The fourth-order valence-corrected chi connectivity index (χ4v) is 2.78. The molecule has 0 heterocycles. The van der Waals surface area contributed by atoms with E-state index in [2.05, 4.69) is 20.8 Å². The number of ketones is 1. The summed E-state index contributed by atoms with van der Waals surface area (Å²) in [7, 11) is 0. The minimum Gasteiger partial charge on any atom is -0.456 e.